The van der Waals surface area contributed by atoms with Gasteiger partial charge in [0.05, 0.1) is 12.0 Å². The first kappa shape index (κ1) is 17.8. The number of halogens is 1. The molecule has 146 valence electrons. The van der Waals surface area contributed by atoms with E-state index in [4.69, 9.17) is 35.3 Å². The fourth-order valence-electron chi connectivity index (χ4n) is 4.15. The van der Waals surface area contributed by atoms with Crippen LogP contribution in [0.2, 0.25) is 5.15 Å². The summed E-state index contributed by atoms with van der Waals surface area (Å²) in [6, 6.07) is 1.88. The minimum absolute atomic E-state index is 0.241. The molecule has 3 aliphatic heterocycles. The summed E-state index contributed by atoms with van der Waals surface area (Å²) in [7, 11) is 0. The Morgan fingerprint density at radius 2 is 1.81 bits per heavy atom. The SMILES string of the molecule is CC1(C)O[C@H]2[C@@H](O1)[C@H](n1ccc3c(Cl)ncnc31)O[C@H]2[C@H]1COC(C)(C)O1. The lowest BCUT2D eigenvalue weighted by Gasteiger charge is -2.27. The maximum Gasteiger partial charge on any atom is 0.164 e. The Balaban J connectivity index is 1.52. The maximum absolute atomic E-state index is 6.40. The van der Waals surface area contributed by atoms with Crippen LogP contribution >= 0.6 is 11.6 Å². The Morgan fingerprint density at radius 3 is 2.56 bits per heavy atom. The minimum atomic E-state index is -0.708. The van der Waals surface area contributed by atoms with Gasteiger partial charge in [0, 0.05) is 6.20 Å². The van der Waals surface area contributed by atoms with Crippen molar-refractivity contribution in [3.63, 3.8) is 0 Å². The number of hydrogen-bond donors (Lipinski definition) is 0. The smallest absolute Gasteiger partial charge is 0.164 e. The zero-order valence-electron chi connectivity index (χ0n) is 15.6. The molecule has 5 rings (SSSR count). The van der Waals surface area contributed by atoms with E-state index in [9.17, 15) is 0 Å². The van der Waals surface area contributed by atoms with Gasteiger partial charge in [-0.2, -0.15) is 0 Å². The van der Waals surface area contributed by atoms with Gasteiger partial charge in [-0.15, -0.1) is 0 Å². The van der Waals surface area contributed by atoms with E-state index in [2.05, 4.69) is 9.97 Å². The molecule has 0 unspecified atom stereocenters. The van der Waals surface area contributed by atoms with Crippen molar-refractivity contribution in [2.45, 2.75) is 69.9 Å². The van der Waals surface area contributed by atoms with Crippen LogP contribution in [0.25, 0.3) is 11.0 Å². The van der Waals surface area contributed by atoms with E-state index in [1.807, 2.05) is 44.5 Å². The Labute approximate surface area is 161 Å². The highest BCUT2D eigenvalue weighted by Crippen LogP contribution is 2.46. The third-order valence-corrected chi connectivity index (χ3v) is 5.50. The van der Waals surface area contributed by atoms with Crippen molar-refractivity contribution in [1.29, 1.82) is 0 Å². The lowest BCUT2D eigenvalue weighted by atomic mass is 10.1. The molecule has 8 nitrogen and oxygen atoms in total. The van der Waals surface area contributed by atoms with Gasteiger partial charge in [0.2, 0.25) is 0 Å². The maximum atomic E-state index is 6.40. The third kappa shape index (κ3) is 2.86. The summed E-state index contributed by atoms with van der Waals surface area (Å²) in [5, 5.41) is 1.17. The van der Waals surface area contributed by atoms with Crippen molar-refractivity contribution < 1.29 is 23.7 Å². The Bertz CT molecular complexity index is 885. The number of ether oxygens (including phenoxy) is 5. The van der Waals surface area contributed by atoms with Crippen LogP contribution in [-0.4, -0.2) is 57.1 Å². The lowest BCUT2D eigenvalue weighted by Crippen LogP contribution is -2.40. The fourth-order valence-corrected chi connectivity index (χ4v) is 4.34. The van der Waals surface area contributed by atoms with Gasteiger partial charge >= 0.3 is 0 Å². The fraction of sp³-hybridized carbons (Fsp3) is 0.667. The molecule has 0 N–H and O–H groups in total. The number of hydrogen-bond acceptors (Lipinski definition) is 7. The summed E-state index contributed by atoms with van der Waals surface area (Å²) in [6.07, 6.45) is 1.77. The van der Waals surface area contributed by atoms with Crippen molar-refractivity contribution in [2.75, 3.05) is 6.61 Å². The van der Waals surface area contributed by atoms with Crippen molar-refractivity contribution in [3.8, 4) is 0 Å². The van der Waals surface area contributed by atoms with Crippen LogP contribution < -0.4 is 0 Å². The normalized spacial score (nSPS) is 37.1. The molecule has 3 saturated heterocycles. The van der Waals surface area contributed by atoms with Gasteiger partial charge in [-0.1, -0.05) is 11.6 Å². The molecule has 2 aromatic heterocycles. The predicted molar refractivity (Wildman–Crippen MR) is 95.2 cm³/mol. The van der Waals surface area contributed by atoms with E-state index < -0.39 is 17.8 Å². The molecule has 0 spiro atoms. The summed E-state index contributed by atoms with van der Waals surface area (Å²) in [5.74, 6) is -1.35. The van der Waals surface area contributed by atoms with Gasteiger partial charge in [0.1, 0.15) is 41.5 Å². The topological polar surface area (TPSA) is 76.9 Å². The zero-order chi connectivity index (χ0) is 19.0. The molecule has 9 heteroatoms. The van der Waals surface area contributed by atoms with Crippen LogP contribution in [0.4, 0.5) is 0 Å². The first-order valence-electron chi connectivity index (χ1n) is 9.04. The standard InChI is InChI=1S/C18H22ClN3O5/c1-17(2)23-7-10(25-17)11-12-13(27-18(3,4)26-12)16(24-11)22-6-5-9-14(19)20-8-21-15(9)22/h5-6,8,10-13,16H,7H2,1-4H3/t10-,11+,12-,13-,16-/m1/s1. The molecule has 5 atom stereocenters. The quantitative estimate of drug-likeness (QED) is 0.723. The molecule has 0 aromatic carbocycles. The second kappa shape index (κ2) is 5.85. The molecular formula is C18H22ClN3O5. The van der Waals surface area contributed by atoms with Crippen LogP contribution in [-0.2, 0) is 23.7 Å². The summed E-state index contributed by atoms with van der Waals surface area (Å²) >= 11 is 6.20. The average molecular weight is 396 g/mol. The second-order valence-corrected chi connectivity index (χ2v) is 8.41. The van der Waals surface area contributed by atoms with E-state index in [1.165, 1.54) is 6.33 Å². The van der Waals surface area contributed by atoms with Crippen LogP contribution in [0.1, 0.15) is 33.9 Å². The molecule has 27 heavy (non-hydrogen) atoms. The summed E-state index contributed by atoms with van der Waals surface area (Å²) < 4.78 is 32.5. The molecule has 0 radical (unpaired) electrons. The molecule has 5 heterocycles. The van der Waals surface area contributed by atoms with Crippen molar-refractivity contribution in [2.24, 2.45) is 0 Å². The Morgan fingerprint density at radius 1 is 1.04 bits per heavy atom. The molecule has 0 aliphatic carbocycles. The van der Waals surface area contributed by atoms with E-state index in [0.29, 0.717) is 17.4 Å². The van der Waals surface area contributed by atoms with Crippen molar-refractivity contribution in [1.82, 2.24) is 14.5 Å². The molecule has 0 amide bonds. The molecule has 3 aliphatic rings. The summed E-state index contributed by atoms with van der Waals surface area (Å²) in [6.45, 7) is 8.04. The van der Waals surface area contributed by atoms with Gasteiger partial charge in [-0.05, 0) is 33.8 Å². The minimum Gasteiger partial charge on any atom is -0.348 e. The third-order valence-electron chi connectivity index (χ3n) is 5.20. The molecule has 2 aromatic rings. The summed E-state index contributed by atoms with van der Waals surface area (Å²) in [4.78, 5) is 8.42. The first-order valence-corrected chi connectivity index (χ1v) is 9.42. The number of rotatable bonds is 2. The van der Waals surface area contributed by atoms with E-state index >= 15 is 0 Å². The van der Waals surface area contributed by atoms with E-state index in [1.54, 1.807) is 0 Å². The van der Waals surface area contributed by atoms with Gasteiger partial charge in [-0.25, -0.2) is 9.97 Å². The van der Waals surface area contributed by atoms with Gasteiger partial charge in [0.25, 0.3) is 0 Å². The highest BCUT2D eigenvalue weighted by atomic mass is 35.5. The van der Waals surface area contributed by atoms with Crippen LogP contribution in [0.15, 0.2) is 18.6 Å². The van der Waals surface area contributed by atoms with Crippen molar-refractivity contribution in [3.05, 3.63) is 23.7 Å². The monoisotopic (exact) mass is 395 g/mol. The highest BCUT2D eigenvalue weighted by Gasteiger charge is 2.59. The average Bonchev–Trinajstić information content (AvgIpc) is 3.29. The molecular weight excluding hydrogens is 374 g/mol. The van der Waals surface area contributed by atoms with Crippen molar-refractivity contribution >= 4 is 22.6 Å². The van der Waals surface area contributed by atoms with Gasteiger partial charge in [0.15, 0.2) is 17.8 Å². The largest absolute Gasteiger partial charge is 0.348 e. The Kier molecular flexibility index (Phi) is 3.86. The van der Waals surface area contributed by atoms with Crippen LogP contribution in [0.5, 0.6) is 0 Å². The number of nitrogens with zero attached hydrogens (tertiary/aromatic N) is 3. The number of fused-ring (bicyclic) bond motifs is 2. The first-order chi connectivity index (χ1) is 12.7. The molecule has 3 fully saturated rings. The van der Waals surface area contributed by atoms with Crippen LogP contribution in [0.3, 0.4) is 0 Å². The van der Waals surface area contributed by atoms with Crippen LogP contribution in [0, 0.1) is 0 Å². The molecule has 0 saturated carbocycles. The predicted octanol–water partition coefficient (Wildman–Crippen LogP) is 2.65. The van der Waals surface area contributed by atoms with E-state index in [-0.39, 0.29) is 24.4 Å². The second-order valence-electron chi connectivity index (χ2n) is 8.05. The molecule has 0 bridgehead atoms. The Hall–Kier alpha value is -1.29. The van der Waals surface area contributed by atoms with Gasteiger partial charge in [-0.3, -0.25) is 0 Å². The highest BCUT2D eigenvalue weighted by molar-refractivity contribution is 6.33. The lowest BCUT2D eigenvalue weighted by molar-refractivity contribution is -0.215. The van der Waals surface area contributed by atoms with E-state index in [0.717, 1.165) is 5.39 Å². The summed E-state index contributed by atoms with van der Waals surface area (Å²) in [5.41, 5.74) is 0.691. The zero-order valence-corrected chi connectivity index (χ0v) is 16.3. The van der Waals surface area contributed by atoms with Gasteiger partial charge < -0.3 is 28.3 Å². The number of aromatic nitrogens is 3.